The van der Waals surface area contributed by atoms with E-state index in [4.69, 9.17) is 0 Å². The first kappa shape index (κ1) is 17.1. The summed E-state index contributed by atoms with van der Waals surface area (Å²) >= 11 is 2.44. The summed E-state index contributed by atoms with van der Waals surface area (Å²) in [6.07, 6.45) is 0. The third kappa shape index (κ3) is 3.21. The lowest BCUT2D eigenvalue weighted by Crippen LogP contribution is -1.98. The average Bonchev–Trinajstić information content (AvgIpc) is 2.63. The highest BCUT2D eigenvalue weighted by molar-refractivity contribution is 14.1. The van der Waals surface area contributed by atoms with Gasteiger partial charge in [-0.3, -0.25) is 0 Å². The van der Waals surface area contributed by atoms with E-state index >= 15 is 0 Å². The van der Waals surface area contributed by atoms with Gasteiger partial charge in [0.1, 0.15) is 0 Å². The Balaban J connectivity index is 1.83. The first-order chi connectivity index (χ1) is 12.6. The zero-order chi connectivity index (χ0) is 18.1. The Bertz CT molecular complexity index is 1080. The highest BCUT2D eigenvalue weighted by Crippen LogP contribution is 2.38. The molecule has 0 atom stereocenters. The van der Waals surface area contributed by atoms with Crippen LogP contribution in [0.3, 0.4) is 0 Å². The van der Waals surface area contributed by atoms with Crippen molar-refractivity contribution in [1.82, 2.24) is 0 Å². The first-order valence-corrected chi connectivity index (χ1v) is 9.82. The molecule has 4 aromatic carbocycles. The predicted octanol–water partition coefficient (Wildman–Crippen LogP) is 7.47. The molecule has 0 heterocycles. The summed E-state index contributed by atoms with van der Waals surface area (Å²) in [6, 6.07) is 27.9. The maximum atomic E-state index is 3.66. The molecule has 1 N–H and O–H groups in total. The van der Waals surface area contributed by atoms with E-state index in [1.807, 2.05) is 0 Å². The van der Waals surface area contributed by atoms with Gasteiger partial charge in [0, 0.05) is 26.1 Å². The average molecular weight is 449 g/mol. The van der Waals surface area contributed by atoms with E-state index in [2.05, 4.69) is 121 Å². The van der Waals surface area contributed by atoms with Crippen LogP contribution >= 0.6 is 22.6 Å². The van der Waals surface area contributed by atoms with E-state index in [0.717, 1.165) is 11.4 Å². The minimum absolute atomic E-state index is 1.11. The third-order valence-corrected chi connectivity index (χ3v) is 5.67. The van der Waals surface area contributed by atoms with Crippen molar-refractivity contribution in [3.05, 3.63) is 93.6 Å². The molecular formula is C24H20IN. The van der Waals surface area contributed by atoms with E-state index < -0.39 is 0 Å². The monoisotopic (exact) mass is 449 g/mol. The minimum Gasteiger partial charge on any atom is -0.355 e. The van der Waals surface area contributed by atoms with Crippen LogP contribution in [0, 0.1) is 17.4 Å². The van der Waals surface area contributed by atoms with Gasteiger partial charge in [0.25, 0.3) is 0 Å². The van der Waals surface area contributed by atoms with Crippen LogP contribution in [0.5, 0.6) is 0 Å². The number of nitrogens with one attached hydrogen (secondary N) is 1. The molecule has 0 spiro atoms. The Morgan fingerprint density at radius 2 is 1.35 bits per heavy atom. The smallest absolute Gasteiger partial charge is 0.0467 e. The number of benzene rings is 4. The molecule has 128 valence electrons. The number of rotatable bonds is 3. The molecule has 0 unspecified atom stereocenters. The zero-order valence-electron chi connectivity index (χ0n) is 14.9. The fourth-order valence-corrected chi connectivity index (χ4v) is 4.38. The number of anilines is 2. The number of halogens is 1. The molecule has 0 aromatic heterocycles. The SMILES string of the molecule is Cc1cccc(I)c1-c1c(C)cccc1Nc1ccc2ccccc2c1. The lowest BCUT2D eigenvalue weighted by Gasteiger charge is -2.18. The standard InChI is InChI=1S/C24H20IN/c1-16-7-5-11-21(25)23(16)24-17(2)8-6-12-22(24)26-20-14-13-18-9-3-4-10-19(18)15-20/h3-15,26H,1-2H3. The van der Waals surface area contributed by atoms with Gasteiger partial charge in [0.15, 0.2) is 0 Å². The highest BCUT2D eigenvalue weighted by Gasteiger charge is 2.14. The normalized spacial score (nSPS) is 10.9. The Hall–Kier alpha value is -2.33. The fourth-order valence-electron chi connectivity index (χ4n) is 3.47. The predicted molar refractivity (Wildman–Crippen MR) is 121 cm³/mol. The van der Waals surface area contributed by atoms with Crippen molar-refractivity contribution < 1.29 is 0 Å². The van der Waals surface area contributed by atoms with Crippen LogP contribution in [-0.2, 0) is 0 Å². The van der Waals surface area contributed by atoms with Gasteiger partial charge in [-0.2, -0.15) is 0 Å². The lowest BCUT2D eigenvalue weighted by molar-refractivity contribution is 1.38. The largest absolute Gasteiger partial charge is 0.355 e. The minimum atomic E-state index is 1.11. The van der Waals surface area contributed by atoms with Gasteiger partial charge < -0.3 is 5.32 Å². The molecule has 4 rings (SSSR count). The van der Waals surface area contributed by atoms with Crippen LogP contribution in [-0.4, -0.2) is 0 Å². The van der Waals surface area contributed by atoms with Gasteiger partial charge in [0.05, 0.1) is 0 Å². The Labute approximate surface area is 168 Å². The molecule has 0 saturated heterocycles. The van der Waals surface area contributed by atoms with Gasteiger partial charge in [-0.1, -0.05) is 54.6 Å². The van der Waals surface area contributed by atoms with Crippen LogP contribution in [0.15, 0.2) is 78.9 Å². The highest BCUT2D eigenvalue weighted by atomic mass is 127. The number of fused-ring (bicyclic) bond motifs is 1. The fraction of sp³-hybridized carbons (Fsp3) is 0.0833. The second-order valence-corrected chi connectivity index (χ2v) is 7.78. The quantitative estimate of drug-likeness (QED) is 0.320. The molecule has 1 nitrogen and oxygen atoms in total. The first-order valence-electron chi connectivity index (χ1n) is 8.74. The van der Waals surface area contributed by atoms with E-state index in [-0.39, 0.29) is 0 Å². The zero-order valence-corrected chi connectivity index (χ0v) is 17.0. The lowest BCUT2D eigenvalue weighted by atomic mass is 9.95. The van der Waals surface area contributed by atoms with Gasteiger partial charge in [0.2, 0.25) is 0 Å². The van der Waals surface area contributed by atoms with E-state index in [9.17, 15) is 0 Å². The Morgan fingerprint density at radius 1 is 0.654 bits per heavy atom. The van der Waals surface area contributed by atoms with E-state index in [0.29, 0.717) is 0 Å². The molecule has 0 aliphatic heterocycles. The third-order valence-electron chi connectivity index (χ3n) is 4.77. The maximum absolute atomic E-state index is 3.66. The Morgan fingerprint density at radius 3 is 2.12 bits per heavy atom. The summed E-state index contributed by atoms with van der Waals surface area (Å²) in [5.41, 5.74) is 7.43. The molecule has 0 amide bonds. The van der Waals surface area contributed by atoms with Crippen molar-refractivity contribution in [3.8, 4) is 11.1 Å². The molecule has 2 heteroatoms. The van der Waals surface area contributed by atoms with Gasteiger partial charge in [-0.25, -0.2) is 0 Å². The van der Waals surface area contributed by atoms with Crippen LogP contribution in [0.4, 0.5) is 11.4 Å². The van der Waals surface area contributed by atoms with Crippen LogP contribution in [0.1, 0.15) is 11.1 Å². The molecular weight excluding hydrogens is 429 g/mol. The molecule has 0 bridgehead atoms. The van der Waals surface area contributed by atoms with Crippen molar-refractivity contribution in [2.45, 2.75) is 13.8 Å². The summed E-state index contributed by atoms with van der Waals surface area (Å²) in [5, 5.41) is 6.16. The topological polar surface area (TPSA) is 12.0 Å². The van der Waals surface area contributed by atoms with Crippen LogP contribution < -0.4 is 5.32 Å². The molecule has 0 radical (unpaired) electrons. The van der Waals surface area contributed by atoms with Crippen molar-refractivity contribution in [2.24, 2.45) is 0 Å². The molecule has 0 aliphatic carbocycles. The molecule has 26 heavy (non-hydrogen) atoms. The number of hydrogen-bond acceptors (Lipinski definition) is 1. The van der Waals surface area contributed by atoms with E-state index in [1.54, 1.807) is 0 Å². The van der Waals surface area contributed by atoms with E-state index in [1.165, 1.54) is 36.6 Å². The molecule has 0 fully saturated rings. The van der Waals surface area contributed by atoms with Gasteiger partial charge >= 0.3 is 0 Å². The van der Waals surface area contributed by atoms with Gasteiger partial charge in [-0.15, -0.1) is 0 Å². The number of hydrogen-bond donors (Lipinski definition) is 1. The summed E-state index contributed by atoms with van der Waals surface area (Å²) < 4.78 is 1.28. The second-order valence-electron chi connectivity index (χ2n) is 6.62. The van der Waals surface area contributed by atoms with Gasteiger partial charge in [-0.05, 0) is 82.6 Å². The molecule has 0 aliphatic rings. The maximum Gasteiger partial charge on any atom is 0.0467 e. The van der Waals surface area contributed by atoms with Crippen molar-refractivity contribution in [3.63, 3.8) is 0 Å². The Kier molecular flexibility index (Phi) is 4.68. The van der Waals surface area contributed by atoms with Crippen molar-refractivity contribution in [2.75, 3.05) is 5.32 Å². The molecule has 0 saturated carbocycles. The molecule has 4 aromatic rings. The van der Waals surface area contributed by atoms with Crippen molar-refractivity contribution in [1.29, 1.82) is 0 Å². The summed E-state index contributed by atoms with van der Waals surface area (Å²) in [7, 11) is 0. The van der Waals surface area contributed by atoms with Crippen molar-refractivity contribution >= 4 is 44.7 Å². The number of aryl methyl sites for hydroxylation is 2. The summed E-state index contributed by atoms with van der Waals surface area (Å²) in [5.74, 6) is 0. The summed E-state index contributed by atoms with van der Waals surface area (Å²) in [4.78, 5) is 0. The van der Waals surface area contributed by atoms with Crippen LogP contribution in [0.2, 0.25) is 0 Å². The van der Waals surface area contributed by atoms with Crippen LogP contribution in [0.25, 0.3) is 21.9 Å². The summed E-state index contributed by atoms with van der Waals surface area (Å²) in [6.45, 7) is 4.37. The second kappa shape index (κ2) is 7.12.